The van der Waals surface area contributed by atoms with E-state index < -0.39 is 0 Å². The summed E-state index contributed by atoms with van der Waals surface area (Å²) in [6.45, 7) is 7.56. The van der Waals surface area contributed by atoms with Crippen LogP contribution in [0.2, 0.25) is 0 Å². The van der Waals surface area contributed by atoms with E-state index in [1.165, 1.54) is 12.8 Å². The van der Waals surface area contributed by atoms with Gasteiger partial charge in [0.1, 0.15) is 0 Å². The van der Waals surface area contributed by atoms with Gasteiger partial charge in [-0.25, -0.2) is 4.68 Å². The second-order valence-corrected chi connectivity index (χ2v) is 5.19. The van der Waals surface area contributed by atoms with E-state index in [0.29, 0.717) is 12.0 Å². The molecule has 6 heteroatoms. The Morgan fingerprint density at radius 3 is 2.88 bits per heavy atom. The van der Waals surface area contributed by atoms with Gasteiger partial charge in [-0.2, -0.15) is 0 Å². The van der Waals surface area contributed by atoms with Crippen molar-refractivity contribution in [2.45, 2.75) is 32.7 Å². The molecule has 1 saturated heterocycles. The first-order chi connectivity index (χ1) is 8.16. The van der Waals surface area contributed by atoms with Gasteiger partial charge in [0.05, 0.1) is 0 Å². The Morgan fingerprint density at radius 1 is 1.53 bits per heavy atom. The van der Waals surface area contributed by atoms with Crippen LogP contribution in [0, 0.1) is 5.92 Å². The maximum Gasteiger partial charge on any atom is 0.245 e. The Hall–Kier alpha value is -1.17. The molecule has 1 aromatic rings. The van der Waals surface area contributed by atoms with Crippen molar-refractivity contribution in [3.05, 3.63) is 0 Å². The van der Waals surface area contributed by atoms with Crippen LogP contribution in [0.25, 0.3) is 0 Å². The average Bonchev–Trinajstić information content (AvgIpc) is 2.87. The third-order valence-electron chi connectivity index (χ3n) is 3.07. The molecular weight excluding hydrogens is 216 g/mol. The van der Waals surface area contributed by atoms with E-state index in [0.717, 1.165) is 25.6 Å². The standard InChI is InChI=1S/C11H22N6/c1-9(2)7-17(8-10-5-4-6-12-10)11-13-14-15-16(11)3/h9-10,12H,4-8H2,1-3H3. The van der Waals surface area contributed by atoms with Gasteiger partial charge in [-0.1, -0.05) is 18.9 Å². The number of aromatic nitrogens is 4. The Morgan fingerprint density at radius 2 is 2.35 bits per heavy atom. The van der Waals surface area contributed by atoms with Crippen LogP contribution >= 0.6 is 0 Å². The van der Waals surface area contributed by atoms with Crippen molar-refractivity contribution in [1.82, 2.24) is 25.5 Å². The fraction of sp³-hybridized carbons (Fsp3) is 0.909. The minimum atomic E-state index is 0.574. The van der Waals surface area contributed by atoms with Crippen LogP contribution in [0.15, 0.2) is 0 Å². The van der Waals surface area contributed by atoms with Crippen molar-refractivity contribution < 1.29 is 0 Å². The van der Waals surface area contributed by atoms with Crippen LogP contribution in [0.5, 0.6) is 0 Å². The summed E-state index contributed by atoms with van der Waals surface area (Å²) in [6.07, 6.45) is 2.52. The first-order valence-corrected chi connectivity index (χ1v) is 6.37. The fourth-order valence-electron chi connectivity index (χ4n) is 2.35. The van der Waals surface area contributed by atoms with E-state index in [9.17, 15) is 0 Å². The summed E-state index contributed by atoms with van der Waals surface area (Å²) in [5.74, 6) is 1.47. The Bertz CT molecular complexity index is 341. The molecule has 0 spiro atoms. The van der Waals surface area contributed by atoms with Gasteiger partial charge in [0, 0.05) is 26.2 Å². The highest BCUT2D eigenvalue weighted by molar-refractivity contribution is 5.28. The van der Waals surface area contributed by atoms with E-state index in [1.807, 2.05) is 7.05 Å². The highest BCUT2D eigenvalue weighted by Gasteiger charge is 2.21. The third-order valence-corrected chi connectivity index (χ3v) is 3.07. The topological polar surface area (TPSA) is 58.9 Å². The van der Waals surface area contributed by atoms with Crippen molar-refractivity contribution in [3.8, 4) is 0 Å². The monoisotopic (exact) mass is 238 g/mol. The molecule has 1 aliphatic rings. The molecule has 0 bridgehead atoms. The number of nitrogens with one attached hydrogen (secondary N) is 1. The molecule has 0 aliphatic carbocycles. The summed E-state index contributed by atoms with van der Waals surface area (Å²) >= 11 is 0. The van der Waals surface area contributed by atoms with Crippen LogP contribution < -0.4 is 10.2 Å². The minimum absolute atomic E-state index is 0.574. The van der Waals surface area contributed by atoms with Gasteiger partial charge in [0.25, 0.3) is 0 Å². The smallest absolute Gasteiger partial charge is 0.245 e. The van der Waals surface area contributed by atoms with E-state index >= 15 is 0 Å². The minimum Gasteiger partial charge on any atom is -0.338 e. The Balaban J connectivity index is 2.04. The van der Waals surface area contributed by atoms with Crippen molar-refractivity contribution in [2.24, 2.45) is 13.0 Å². The fourth-order valence-corrected chi connectivity index (χ4v) is 2.35. The number of hydrogen-bond acceptors (Lipinski definition) is 5. The molecule has 1 aliphatic heterocycles. The summed E-state index contributed by atoms with van der Waals surface area (Å²) in [7, 11) is 1.89. The zero-order valence-corrected chi connectivity index (χ0v) is 10.9. The highest BCUT2D eigenvalue weighted by Crippen LogP contribution is 2.14. The number of hydrogen-bond donors (Lipinski definition) is 1. The van der Waals surface area contributed by atoms with E-state index in [4.69, 9.17) is 0 Å². The molecule has 1 N–H and O–H groups in total. The molecule has 0 radical (unpaired) electrons. The average molecular weight is 238 g/mol. The van der Waals surface area contributed by atoms with Gasteiger partial charge in [-0.15, -0.1) is 0 Å². The molecule has 0 amide bonds. The summed E-state index contributed by atoms with van der Waals surface area (Å²) in [5.41, 5.74) is 0. The first-order valence-electron chi connectivity index (χ1n) is 6.37. The van der Waals surface area contributed by atoms with Crippen LogP contribution in [-0.4, -0.2) is 45.9 Å². The summed E-state index contributed by atoms with van der Waals surface area (Å²) < 4.78 is 1.75. The Labute approximate surface area is 102 Å². The molecule has 1 fully saturated rings. The maximum atomic E-state index is 4.11. The van der Waals surface area contributed by atoms with Crippen molar-refractivity contribution in [2.75, 3.05) is 24.5 Å². The third kappa shape index (κ3) is 3.15. The molecule has 0 aromatic carbocycles. The van der Waals surface area contributed by atoms with Crippen LogP contribution in [0.1, 0.15) is 26.7 Å². The zero-order chi connectivity index (χ0) is 12.3. The predicted molar refractivity (Wildman–Crippen MR) is 66.9 cm³/mol. The maximum absolute atomic E-state index is 4.11. The van der Waals surface area contributed by atoms with Crippen molar-refractivity contribution in [3.63, 3.8) is 0 Å². The largest absolute Gasteiger partial charge is 0.338 e. The molecule has 96 valence electrons. The van der Waals surface area contributed by atoms with Gasteiger partial charge >= 0.3 is 0 Å². The number of tetrazole rings is 1. The van der Waals surface area contributed by atoms with E-state index in [-0.39, 0.29) is 0 Å². The molecule has 1 aromatic heterocycles. The lowest BCUT2D eigenvalue weighted by atomic mass is 10.1. The van der Waals surface area contributed by atoms with Gasteiger partial charge in [-0.05, 0) is 35.7 Å². The molecule has 1 atom stereocenters. The van der Waals surface area contributed by atoms with Gasteiger partial charge in [0.2, 0.25) is 5.95 Å². The Kier molecular flexibility index (Phi) is 3.93. The van der Waals surface area contributed by atoms with Crippen molar-refractivity contribution in [1.29, 1.82) is 0 Å². The van der Waals surface area contributed by atoms with Crippen LogP contribution in [0.3, 0.4) is 0 Å². The molecule has 2 heterocycles. The predicted octanol–water partition coefficient (Wildman–Crippen LogP) is 0.424. The number of nitrogens with zero attached hydrogens (tertiary/aromatic N) is 5. The zero-order valence-electron chi connectivity index (χ0n) is 10.9. The SMILES string of the molecule is CC(C)CN(CC1CCCN1)c1nnnn1C. The quantitative estimate of drug-likeness (QED) is 0.806. The lowest BCUT2D eigenvalue weighted by molar-refractivity contribution is 0.526. The van der Waals surface area contributed by atoms with E-state index in [1.54, 1.807) is 4.68 Å². The van der Waals surface area contributed by atoms with Crippen molar-refractivity contribution >= 4 is 5.95 Å². The number of aryl methyl sites for hydroxylation is 1. The molecule has 0 saturated carbocycles. The second-order valence-electron chi connectivity index (χ2n) is 5.19. The van der Waals surface area contributed by atoms with Crippen LogP contribution in [0.4, 0.5) is 5.95 Å². The van der Waals surface area contributed by atoms with Crippen LogP contribution in [-0.2, 0) is 7.05 Å². The number of anilines is 1. The second kappa shape index (κ2) is 5.44. The normalized spacial score (nSPS) is 20.1. The van der Waals surface area contributed by atoms with E-state index in [2.05, 4.69) is 39.6 Å². The summed E-state index contributed by atoms with van der Waals surface area (Å²) in [5, 5.41) is 15.3. The highest BCUT2D eigenvalue weighted by atomic mass is 15.6. The summed E-state index contributed by atoms with van der Waals surface area (Å²) in [4.78, 5) is 2.29. The molecule has 17 heavy (non-hydrogen) atoms. The molecule has 6 nitrogen and oxygen atoms in total. The summed E-state index contributed by atoms with van der Waals surface area (Å²) in [6, 6.07) is 0.574. The number of rotatable bonds is 5. The van der Waals surface area contributed by atoms with Gasteiger partial charge < -0.3 is 10.2 Å². The lowest BCUT2D eigenvalue weighted by Crippen LogP contribution is -2.40. The molecule has 1 unspecified atom stereocenters. The van der Waals surface area contributed by atoms with Gasteiger partial charge in [0.15, 0.2) is 0 Å². The lowest BCUT2D eigenvalue weighted by Gasteiger charge is -2.27. The molecule has 2 rings (SSSR count). The first kappa shape index (κ1) is 12.3. The molecular formula is C11H22N6. The van der Waals surface area contributed by atoms with Gasteiger partial charge in [-0.3, -0.25) is 0 Å².